The summed E-state index contributed by atoms with van der Waals surface area (Å²) in [4.78, 5) is 22.4. The molecule has 16 heavy (non-hydrogen) atoms. The summed E-state index contributed by atoms with van der Waals surface area (Å²) < 4.78 is 10.3. The van der Waals surface area contributed by atoms with E-state index in [0.29, 0.717) is 6.42 Å². The van der Waals surface area contributed by atoms with Gasteiger partial charge in [-0.25, -0.2) is 0 Å². The summed E-state index contributed by atoms with van der Waals surface area (Å²) in [6, 6.07) is 0. The second kappa shape index (κ2) is 6.80. The molecule has 94 valence electrons. The Morgan fingerprint density at radius 3 is 2.19 bits per heavy atom. The summed E-state index contributed by atoms with van der Waals surface area (Å²) in [6.07, 6.45) is 0.926. The van der Waals surface area contributed by atoms with Gasteiger partial charge in [0.2, 0.25) is 0 Å². The molecule has 0 aromatic rings. The van der Waals surface area contributed by atoms with E-state index in [9.17, 15) is 9.59 Å². The second-order valence-electron chi connectivity index (χ2n) is 4.84. The van der Waals surface area contributed by atoms with Crippen LogP contribution in [0, 0.1) is 0 Å². The van der Waals surface area contributed by atoms with Gasteiger partial charge < -0.3 is 9.16 Å². The maximum Gasteiger partial charge on any atom is 0.316 e. The third-order valence-corrected chi connectivity index (χ3v) is 2.80. The van der Waals surface area contributed by atoms with E-state index in [1.54, 1.807) is 0 Å². The predicted molar refractivity (Wildman–Crippen MR) is 64.5 cm³/mol. The number of carbonyl (C=O) groups is 2. The van der Waals surface area contributed by atoms with Crippen LogP contribution in [0.2, 0.25) is 19.6 Å². The lowest BCUT2D eigenvalue weighted by Crippen LogP contribution is -2.32. The summed E-state index contributed by atoms with van der Waals surface area (Å²) in [5, 5.41) is 0. The zero-order valence-corrected chi connectivity index (χ0v) is 11.8. The molecular formula is C11H22O4Si. The molecule has 0 saturated heterocycles. The van der Waals surface area contributed by atoms with Crippen LogP contribution >= 0.6 is 0 Å². The summed E-state index contributed by atoms with van der Waals surface area (Å²) in [7, 11) is -1.63. The first-order valence-corrected chi connectivity index (χ1v) is 9.06. The van der Waals surface area contributed by atoms with Crippen molar-refractivity contribution in [1.82, 2.24) is 0 Å². The van der Waals surface area contributed by atoms with Gasteiger partial charge in [-0.15, -0.1) is 0 Å². The zero-order chi connectivity index (χ0) is 12.8. The summed E-state index contributed by atoms with van der Waals surface area (Å²) in [6.45, 7) is 9.84. The molecule has 0 fully saturated rings. The SMILES string of the molecule is CCCC(=O)OC(=O)CC(C)O[Si](C)(C)C. The molecule has 0 amide bonds. The molecule has 4 nitrogen and oxygen atoms in total. The van der Waals surface area contributed by atoms with Crippen molar-refractivity contribution in [3.63, 3.8) is 0 Å². The van der Waals surface area contributed by atoms with Gasteiger partial charge in [-0.2, -0.15) is 0 Å². The maximum atomic E-state index is 11.3. The zero-order valence-electron chi connectivity index (χ0n) is 10.8. The Balaban J connectivity index is 3.92. The molecule has 0 radical (unpaired) electrons. The van der Waals surface area contributed by atoms with Crippen LogP contribution in [-0.2, 0) is 18.8 Å². The van der Waals surface area contributed by atoms with E-state index in [4.69, 9.17) is 4.43 Å². The molecule has 0 bridgehead atoms. The first-order valence-electron chi connectivity index (χ1n) is 5.66. The Hall–Kier alpha value is -0.683. The van der Waals surface area contributed by atoms with Gasteiger partial charge in [0, 0.05) is 6.42 Å². The van der Waals surface area contributed by atoms with Gasteiger partial charge in [0.25, 0.3) is 0 Å². The quantitative estimate of drug-likeness (QED) is 0.410. The van der Waals surface area contributed by atoms with E-state index in [1.807, 2.05) is 13.8 Å². The van der Waals surface area contributed by atoms with Gasteiger partial charge >= 0.3 is 11.9 Å². The van der Waals surface area contributed by atoms with Crippen LogP contribution in [0.15, 0.2) is 0 Å². The van der Waals surface area contributed by atoms with Crippen LogP contribution in [0.5, 0.6) is 0 Å². The Morgan fingerprint density at radius 2 is 1.75 bits per heavy atom. The van der Waals surface area contributed by atoms with Crippen molar-refractivity contribution >= 4 is 20.3 Å². The summed E-state index contributed by atoms with van der Waals surface area (Å²) in [5.74, 6) is -0.947. The van der Waals surface area contributed by atoms with E-state index in [-0.39, 0.29) is 18.9 Å². The number of hydrogen-bond acceptors (Lipinski definition) is 4. The number of rotatable bonds is 6. The highest BCUT2D eigenvalue weighted by Crippen LogP contribution is 2.10. The average Bonchev–Trinajstić information content (AvgIpc) is 1.98. The molecule has 1 unspecified atom stereocenters. The van der Waals surface area contributed by atoms with Crippen molar-refractivity contribution in [3.05, 3.63) is 0 Å². The van der Waals surface area contributed by atoms with Crippen LogP contribution in [0.25, 0.3) is 0 Å². The molecule has 0 aliphatic heterocycles. The highest BCUT2D eigenvalue weighted by molar-refractivity contribution is 6.69. The predicted octanol–water partition coefficient (Wildman–Crippen LogP) is 2.49. The van der Waals surface area contributed by atoms with E-state index in [1.165, 1.54) is 0 Å². The van der Waals surface area contributed by atoms with E-state index in [0.717, 1.165) is 0 Å². The van der Waals surface area contributed by atoms with E-state index < -0.39 is 20.3 Å². The Bertz CT molecular complexity index is 245. The second-order valence-corrected chi connectivity index (χ2v) is 9.30. The Labute approximate surface area is 98.4 Å². The fourth-order valence-electron chi connectivity index (χ4n) is 1.30. The van der Waals surface area contributed by atoms with Gasteiger partial charge in [0.1, 0.15) is 0 Å². The van der Waals surface area contributed by atoms with Crippen molar-refractivity contribution in [3.8, 4) is 0 Å². The van der Waals surface area contributed by atoms with Crippen LogP contribution in [0.3, 0.4) is 0 Å². The van der Waals surface area contributed by atoms with Crippen LogP contribution in [0.1, 0.15) is 33.1 Å². The van der Waals surface area contributed by atoms with Crippen molar-refractivity contribution in [2.75, 3.05) is 0 Å². The minimum absolute atomic E-state index is 0.139. The number of hydrogen-bond donors (Lipinski definition) is 0. The van der Waals surface area contributed by atoms with Crippen LogP contribution in [-0.4, -0.2) is 26.4 Å². The third kappa shape index (κ3) is 8.61. The first kappa shape index (κ1) is 15.3. The smallest absolute Gasteiger partial charge is 0.316 e. The fourth-order valence-corrected chi connectivity index (χ4v) is 2.59. The largest absolute Gasteiger partial charge is 0.414 e. The van der Waals surface area contributed by atoms with Gasteiger partial charge in [0.05, 0.1) is 12.5 Å². The first-order chi connectivity index (χ1) is 7.24. The molecular weight excluding hydrogens is 224 g/mol. The molecule has 0 aliphatic rings. The molecule has 0 heterocycles. The monoisotopic (exact) mass is 246 g/mol. The lowest BCUT2D eigenvalue weighted by atomic mass is 10.3. The highest BCUT2D eigenvalue weighted by Gasteiger charge is 2.21. The van der Waals surface area contributed by atoms with E-state index in [2.05, 4.69) is 24.4 Å². The maximum absolute atomic E-state index is 11.3. The van der Waals surface area contributed by atoms with E-state index >= 15 is 0 Å². The van der Waals surface area contributed by atoms with Gasteiger partial charge in [-0.3, -0.25) is 9.59 Å². The topological polar surface area (TPSA) is 52.6 Å². The molecule has 0 aromatic heterocycles. The lowest BCUT2D eigenvalue weighted by molar-refractivity contribution is -0.160. The van der Waals surface area contributed by atoms with Gasteiger partial charge in [-0.1, -0.05) is 6.92 Å². The molecule has 1 atom stereocenters. The third-order valence-electron chi connectivity index (χ3n) is 1.69. The van der Waals surface area contributed by atoms with Gasteiger partial charge in [0.15, 0.2) is 8.32 Å². The van der Waals surface area contributed by atoms with Crippen LogP contribution in [0.4, 0.5) is 0 Å². The minimum Gasteiger partial charge on any atom is -0.414 e. The number of carbonyl (C=O) groups excluding carboxylic acids is 2. The molecule has 0 rings (SSSR count). The summed E-state index contributed by atoms with van der Waals surface area (Å²) in [5.41, 5.74) is 0. The summed E-state index contributed by atoms with van der Waals surface area (Å²) >= 11 is 0. The minimum atomic E-state index is -1.63. The van der Waals surface area contributed by atoms with Crippen LogP contribution < -0.4 is 0 Å². The standard InChI is InChI=1S/C11H22O4Si/c1-6-7-10(12)14-11(13)8-9(2)15-16(3,4)5/h9H,6-8H2,1-5H3. The molecule has 0 aliphatic carbocycles. The van der Waals surface area contributed by atoms with Crippen molar-refractivity contribution in [1.29, 1.82) is 0 Å². The molecule has 0 saturated carbocycles. The van der Waals surface area contributed by atoms with Gasteiger partial charge in [-0.05, 0) is 33.0 Å². The Kier molecular flexibility index (Phi) is 6.51. The van der Waals surface area contributed by atoms with Crippen molar-refractivity contribution in [2.45, 2.75) is 58.9 Å². The highest BCUT2D eigenvalue weighted by atomic mass is 28.4. The van der Waals surface area contributed by atoms with Crippen molar-refractivity contribution in [2.24, 2.45) is 0 Å². The lowest BCUT2D eigenvalue weighted by Gasteiger charge is -2.22. The average molecular weight is 246 g/mol. The number of ether oxygens (including phenoxy) is 1. The molecule has 0 spiro atoms. The molecule has 0 N–H and O–H groups in total. The molecule has 5 heteroatoms. The Morgan fingerprint density at radius 1 is 1.19 bits per heavy atom. The van der Waals surface area contributed by atoms with Crippen molar-refractivity contribution < 1.29 is 18.8 Å². The number of esters is 2. The normalized spacial score (nSPS) is 13.3. The molecule has 0 aromatic carbocycles. The fraction of sp³-hybridized carbons (Fsp3) is 0.818.